The van der Waals surface area contributed by atoms with Gasteiger partial charge in [0.15, 0.2) is 0 Å². The van der Waals surface area contributed by atoms with Crippen LogP contribution in [-0.2, 0) is 14.6 Å². The van der Waals surface area contributed by atoms with Crippen molar-refractivity contribution in [2.75, 3.05) is 45.4 Å². The van der Waals surface area contributed by atoms with E-state index >= 15 is 0 Å². The van der Waals surface area contributed by atoms with Gasteiger partial charge in [-0.25, -0.2) is 8.42 Å². The molecule has 2 N–H and O–H groups in total. The van der Waals surface area contributed by atoms with E-state index < -0.39 is 9.84 Å². The normalized spacial score (nSPS) is 27.5. The summed E-state index contributed by atoms with van der Waals surface area (Å²) in [5.41, 5.74) is 5.84. The summed E-state index contributed by atoms with van der Waals surface area (Å²) >= 11 is 0. The monoisotopic (exact) mass is 236 g/mol. The van der Waals surface area contributed by atoms with Gasteiger partial charge in [-0.05, 0) is 7.05 Å². The van der Waals surface area contributed by atoms with Crippen molar-refractivity contribution in [3.8, 4) is 0 Å². The average molecular weight is 236 g/mol. The van der Waals surface area contributed by atoms with E-state index in [2.05, 4.69) is 0 Å². The Morgan fingerprint density at radius 3 is 2.60 bits per heavy atom. The van der Waals surface area contributed by atoms with Gasteiger partial charge in [0.2, 0.25) is 0 Å². The van der Waals surface area contributed by atoms with Gasteiger partial charge in [0.1, 0.15) is 9.84 Å². The van der Waals surface area contributed by atoms with Crippen LogP contribution >= 0.6 is 0 Å². The smallest absolute Gasteiger partial charge is 0.148 e. The number of hydrogen-bond donors (Lipinski definition) is 1. The summed E-state index contributed by atoms with van der Waals surface area (Å²) in [5.74, 6) is 0.529. The number of hydrogen-bond acceptors (Lipinski definition) is 5. The molecule has 0 aromatic carbocycles. The Labute approximate surface area is 91.5 Å². The SMILES string of the molecule is CN(CCS(C)(=O)=O)CC1COCC1N. The Morgan fingerprint density at radius 2 is 2.13 bits per heavy atom. The zero-order valence-corrected chi connectivity index (χ0v) is 10.2. The van der Waals surface area contributed by atoms with Crippen LogP contribution in [0.5, 0.6) is 0 Å². The van der Waals surface area contributed by atoms with Crippen LogP contribution in [0.4, 0.5) is 0 Å². The number of sulfone groups is 1. The summed E-state index contributed by atoms with van der Waals surface area (Å²) in [4.78, 5) is 2.00. The fraction of sp³-hybridized carbons (Fsp3) is 1.00. The van der Waals surface area contributed by atoms with Gasteiger partial charge < -0.3 is 15.4 Å². The lowest BCUT2D eigenvalue weighted by atomic mass is 10.0. The van der Waals surface area contributed by atoms with Gasteiger partial charge >= 0.3 is 0 Å². The van der Waals surface area contributed by atoms with Crippen molar-refractivity contribution >= 4 is 9.84 Å². The molecule has 1 rings (SSSR count). The first-order valence-corrected chi connectivity index (χ1v) is 7.14. The van der Waals surface area contributed by atoms with Gasteiger partial charge in [-0.15, -0.1) is 0 Å². The van der Waals surface area contributed by atoms with Crippen LogP contribution in [0.25, 0.3) is 0 Å². The lowest BCUT2D eigenvalue weighted by Crippen LogP contribution is -2.38. The molecular formula is C9H20N2O3S. The summed E-state index contributed by atoms with van der Waals surface area (Å²) < 4.78 is 27.2. The van der Waals surface area contributed by atoms with E-state index in [4.69, 9.17) is 10.5 Å². The third-order valence-electron chi connectivity index (χ3n) is 2.64. The Balaban J connectivity index is 2.26. The molecule has 1 heterocycles. The van der Waals surface area contributed by atoms with Crippen molar-refractivity contribution in [1.29, 1.82) is 0 Å². The summed E-state index contributed by atoms with van der Waals surface area (Å²) in [5, 5.41) is 0. The Kier molecular flexibility index (Phi) is 4.51. The standard InChI is InChI=1S/C9H20N2O3S/c1-11(3-4-15(2,12)13)5-8-6-14-7-9(8)10/h8-9H,3-7,10H2,1-2H3. The van der Waals surface area contributed by atoms with E-state index in [1.807, 2.05) is 11.9 Å². The molecule has 2 unspecified atom stereocenters. The lowest BCUT2D eigenvalue weighted by Gasteiger charge is -2.21. The minimum atomic E-state index is -2.87. The molecule has 0 bridgehead atoms. The first-order valence-electron chi connectivity index (χ1n) is 5.08. The molecule has 0 saturated carbocycles. The Morgan fingerprint density at radius 1 is 1.47 bits per heavy atom. The maximum absolute atomic E-state index is 11.0. The molecule has 1 aliphatic heterocycles. The van der Waals surface area contributed by atoms with Crippen LogP contribution in [0.15, 0.2) is 0 Å². The Bertz CT molecular complexity index is 292. The van der Waals surface area contributed by atoms with E-state index in [0.717, 1.165) is 6.54 Å². The summed E-state index contributed by atoms with van der Waals surface area (Å²) in [6.45, 7) is 2.66. The molecule has 0 aromatic rings. The van der Waals surface area contributed by atoms with Gasteiger partial charge in [-0.2, -0.15) is 0 Å². The van der Waals surface area contributed by atoms with Crippen LogP contribution in [-0.4, -0.2) is 64.7 Å². The van der Waals surface area contributed by atoms with E-state index in [-0.39, 0.29) is 11.8 Å². The molecule has 0 spiro atoms. The Hall–Kier alpha value is -0.170. The molecule has 6 heteroatoms. The van der Waals surface area contributed by atoms with E-state index in [1.165, 1.54) is 6.26 Å². The van der Waals surface area contributed by atoms with Gasteiger partial charge in [-0.1, -0.05) is 0 Å². The quantitative estimate of drug-likeness (QED) is 0.658. The van der Waals surface area contributed by atoms with Crippen LogP contribution in [0, 0.1) is 5.92 Å². The largest absolute Gasteiger partial charge is 0.379 e. The predicted octanol–water partition coefficient (Wildman–Crippen LogP) is -1.06. The van der Waals surface area contributed by atoms with Gasteiger partial charge in [-0.3, -0.25) is 0 Å². The zero-order valence-electron chi connectivity index (χ0n) is 9.35. The van der Waals surface area contributed by atoms with Crippen LogP contribution < -0.4 is 5.73 Å². The second kappa shape index (κ2) is 5.25. The zero-order chi connectivity index (χ0) is 11.5. The number of ether oxygens (including phenoxy) is 1. The van der Waals surface area contributed by atoms with Crippen LogP contribution in [0.3, 0.4) is 0 Å². The second-order valence-electron chi connectivity index (χ2n) is 4.35. The molecule has 2 atom stereocenters. The molecule has 90 valence electrons. The van der Waals surface area contributed by atoms with Crippen LogP contribution in [0.1, 0.15) is 0 Å². The molecule has 1 fully saturated rings. The molecule has 15 heavy (non-hydrogen) atoms. The van der Waals surface area contributed by atoms with E-state index in [0.29, 0.717) is 25.7 Å². The highest BCUT2D eigenvalue weighted by Gasteiger charge is 2.25. The van der Waals surface area contributed by atoms with Gasteiger partial charge in [0.25, 0.3) is 0 Å². The second-order valence-corrected chi connectivity index (χ2v) is 6.61. The predicted molar refractivity (Wildman–Crippen MR) is 59.5 cm³/mol. The molecule has 0 radical (unpaired) electrons. The molecule has 1 aliphatic rings. The molecule has 0 amide bonds. The highest BCUT2D eigenvalue weighted by atomic mass is 32.2. The summed E-state index contributed by atoms with van der Waals surface area (Å²) in [6.07, 6.45) is 1.26. The maximum Gasteiger partial charge on any atom is 0.148 e. The number of nitrogens with two attached hydrogens (primary N) is 1. The third-order valence-corrected chi connectivity index (χ3v) is 3.56. The maximum atomic E-state index is 11.0. The summed E-state index contributed by atoms with van der Waals surface area (Å²) in [6, 6.07) is 0.0886. The van der Waals surface area contributed by atoms with Crippen molar-refractivity contribution < 1.29 is 13.2 Å². The summed E-state index contributed by atoms with van der Waals surface area (Å²) in [7, 11) is -0.958. The van der Waals surface area contributed by atoms with E-state index in [9.17, 15) is 8.42 Å². The molecule has 1 saturated heterocycles. The molecule has 0 aliphatic carbocycles. The minimum Gasteiger partial charge on any atom is -0.379 e. The fourth-order valence-electron chi connectivity index (χ4n) is 1.62. The average Bonchev–Trinajstić information content (AvgIpc) is 2.47. The highest BCUT2D eigenvalue weighted by molar-refractivity contribution is 7.90. The lowest BCUT2D eigenvalue weighted by molar-refractivity contribution is 0.175. The minimum absolute atomic E-state index is 0.0886. The van der Waals surface area contributed by atoms with Crippen molar-refractivity contribution in [3.05, 3.63) is 0 Å². The van der Waals surface area contributed by atoms with Gasteiger partial charge in [0.05, 0.1) is 19.0 Å². The first kappa shape index (κ1) is 12.9. The van der Waals surface area contributed by atoms with E-state index in [1.54, 1.807) is 0 Å². The van der Waals surface area contributed by atoms with Crippen molar-refractivity contribution in [3.63, 3.8) is 0 Å². The molecular weight excluding hydrogens is 216 g/mol. The van der Waals surface area contributed by atoms with Crippen molar-refractivity contribution in [2.24, 2.45) is 11.7 Å². The first-order chi connectivity index (χ1) is 6.88. The fourth-order valence-corrected chi connectivity index (χ4v) is 2.26. The third kappa shape index (κ3) is 4.92. The number of rotatable bonds is 5. The topological polar surface area (TPSA) is 72.6 Å². The van der Waals surface area contributed by atoms with Crippen LogP contribution in [0.2, 0.25) is 0 Å². The highest BCUT2D eigenvalue weighted by Crippen LogP contribution is 2.12. The molecule has 0 aromatic heterocycles. The molecule has 5 nitrogen and oxygen atoms in total. The van der Waals surface area contributed by atoms with Crippen molar-refractivity contribution in [1.82, 2.24) is 4.90 Å². The van der Waals surface area contributed by atoms with Gasteiger partial charge in [0, 0.05) is 31.3 Å². The number of nitrogens with zero attached hydrogens (tertiary/aromatic N) is 1. The van der Waals surface area contributed by atoms with Crippen molar-refractivity contribution in [2.45, 2.75) is 6.04 Å².